The van der Waals surface area contributed by atoms with Crippen LogP contribution in [0.5, 0.6) is 0 Å². The smallest absolute Gasteiger partial charge is 0.322 e. The van der Waals surface area contributed by atoms with Crippen LogP contribution >= 0.6 is 0 Å². The highest BCUT2D eigenvalue weighted by Crippen LogP contribution is 2.49. The van der Waals surface area contributed by atoms with Crippen molar-refractivity contribution in [3.8, 4) is 6.07 Å². The number of carbonyl (C=O) groups excluding carboxylic acids is 2. The Kier molecular flexibility index (Phi) is 3.52. The van der Waals surface area contributed by atoms with Gasteiger partial charge in [0, 0.05) is 5.92 Å². The van der Waals surface area contributed by atoms with E-state index in [0.29, 0.717) is 24.8 Å². The highest BCUT2D eigenvalue weighted by molar-refractivity contribution is 6.07. The van der Waals surface area contributed by atoms with Gasteiger partial charge in [-0.15, -0.1) is 0 Å². The highest BCUT2D eigenvalue weighted by atomic mass is 16.4. The van der Waals surface area contributed by atoms with Gasteiger partial charge in [0.15, 0.2) is 0 Å². The molecule has 2 fully saturated rings. The Hall–Kier alpha value is -2.88. The first-order chi connectivity index (χ1) is 11.0. The number of nitrogens with one attached hydrogen (secondary N) is 2. The average Bonchev–Trinajstić information content (AvgIpc) is 3.28. The van der Waals surface area contributed by atoms with Crippen LogP contribution in [0.15, 0.2) is 24.3 Å². The Morgan fingerprint density at radius 1 is 1.35 bits per heavy atom. The number of carbonyl (C=O) groups is 3. The van der Waals surface area contributed by atoms with Gasteiger partial charge in [-0.25, -0.2) is 4.79 Å². The molecule has 1 heterocycles. The van der Waals surface area contributed by atoms with Gasteiger partial charge in [0.25, 0.3) is 5.91 Å². The van der Waals surface area contributed by atoms with E-state index in [2.05, 4.69) is 10.6 Å². The van der Waals surface area contributed by atoms with Gasteiger partial charge in [0.2, 0.25) is 0 Å². The van der Waals surface area contributed by atoms with Crippen molar-refractivity contribution in [1.29, 1.82) is 5.26 Å². The van der Waals surface area contributed by atoms with Crippen LogP contribution in [0.3, 0.4) is 0 Å². The van der Waals surface area contributed by atoms with Gasteiger partial charge in [-0.05, 0) is 37.0 Å². The summed E-state index contributed by atoms with van der Waals surface area (Å²) in [6, 6.07) is 8.42. The van der Waals surface area contributed by atoms with Gasteiger partial charge in [-0.3, -0.25) is 14.9 Å². The zero-order valence-corrected chi connectivity index (χ0v) is 12.2. The Bertz CT molecular complexity index is 722. The maximum atomic E-state index is 12.2. The fourth-order valence-corrected chi connectivity index (χ4v) is 3.23. The molecule has 3 N–H and O–H groups in total. The lowest BCUT2D eigenvalue weighted by Crippen LogP contribution is -2.50. The number of urea groups is 1. The van der Waals surface area contributed by atoms with E-state index in [9.17, 15) is 14.4 Å². The number of imide groups is 1. The summed E-state index contributed by atoms with van der Waals surface area (Å²) < 4.78 is 0. The van der Waals surface area contributed by atoms with Gasteiger partial charge >= 0.3 is 12.0 Å². The number of carboxylic acid groups (broad SMARTS) is 1. The number of amides is 3. The number of hydrogen-bond acceptors (Lipinski definition) is 4. The summed E-state index contributed by atoms with van der Waals surface area (Å²) in [6.07, 6.45) is 1.21. The average molecular weight is 313 g/mol. The molecule has 1 saturated carbocycles. The molecule has 3 rings (SSSR count). The summed E-state index contributed by atoms with van der Waals surface area (Å²) in [7, 11) is 0. The summed E-state index contributed by atoms with van der Waals surface area (Å²) in [5.41, 5.74) is 0.307. The van der Waals surface area contributed by atoms with Crippen molar-refractivity contribution in [3.63, 3.8) is 0 Å². The Morgan fingerprint density at radius 3 is 2.52 bits per heavy atom. The zero-order chi connectivity index (χ0) is 16.6. The van der Waals surface area contributed by atoms with E-state index < -0.39 is 29.4 Å². The summed E-state index contributed by atoms with van der Waals surface area (Å²) in [5.74, 6) is -2.38. The number of hydrogen-bond donors (Lipinski definition) is 3. The second-order valence-corrected chi connectivity index (χ2v) is 5.98. The molecule has 0 aromatic heterocycles. The minimum absolute atomic E-state index is 0.324. The number of nitriles is 1. The molecular weight excluding hydrogens is 298 g/mol. The van der Waals surface area contributed by atoms with E-state index in [4.69, 9.17) is 10.4 Å². The third-order valence-corrected chi connectivity index (χ3v) is 4.60. The van der Waals surface area contributed by atoms with Crippen LogP contribution in [0.4, 0.5) is 4.79 Å². The molecule has 0 radical (unpaired) electrons. The van der Waals surface area contributed by atoms with E-state index in [0.717, 1.165) is 5.56 Å². The number of nitrogens with zero attached hydrogens (tertiary/aromatic N) is 1. The topological polar surface area (TPSA) is 119 Å². The minimum Gasteiger partial charge on any atom is -0.481 e. The molecule has 0 spiro atoms. The molecule has 1 saturated heterocycles. The lowest BCUT2D eigenvalue weighted by molar-refractivity contribution is -0.139. The maximum absolute atomic E-state index is 12.2. The Morgan fingerprint density at radius 2 is 2.04 bits per heavy atom. The van der Waals surface area contributed by atoms with Crippen molar-refractivity contribution in [2.75, 3.05) is 0 Å². The van der Waals surface area contributed by atoms with Crippen LogP contribution in [0.1, 0.15) is 24.0 Å². The lowest BCUT2D eigenvalue weighted by Gasteiger charge is -2.26. The van der Waals surface area contributed by atoms with Crippen LogP contribution in [0.25, 0.3) is 0 Å². The number of rotatable bonds is 5. The summed E-state index contributed by atoms with van der Waals surface area (Å²) in [4.78, 5) is 34.9. The SMILES string of the molecule is N#Cc1ccc(CCC2(C3CC3C(=O)O)NC(=O)NC2=O)cc1. The number of carboxylic acids is 1. The molecule has 3 unspecified atom stereocenters. The fourth-order valence-electron chi connectivity index (χ4n) is 3.23. The molecule has 23 heavy (non-hydrogen) atoms. The normalized spacial score (nSPS) is 28.7. The van der Waals surface area contributed by atoms with Crippen molar-refractivity contribution in [2.24, 2.45) is 11.8 Å². The number of aliphatic carboxylic acids is 1. The van der Waals surface area contributed by atoms with Crippen LogP contribution in [-0.4, -0.2) is 28.6 Å². The van der Waals surface area contributed by atoms with Gasteiger partial charge in [-0.1, -0.05) is 12.1 Å². The largest absolute Gasteiger partial charge is 0.481 e. The standard InChI is InChI=1S/C16H15N3O4/c17-8-10-3-1-9(2-4-10)5-6-16(12-7-11(12)13(20)21)14(22)18-15(23)19-16/h1-4,11-12H,5-7H2,(H,20,21)(H2,18,19,22,23). The molecule has 3 amide bonds. The second kappa shape index (κ2) is 5.39. The van der Waals surface area contributed by atoms with E-state index in [-0.39, 0.29) is 5.92 Å². The van der Waals surface area contributed by atoms with E-state index in [1.807, 2.05) is 6.07 Å². The molecule has 1 aliphatic carbocycles. The van der Waals surface area contributed by atoms with E-state index in [1.165, 1.54) is 0 Å². The van der Waals surface area contributed by atoms with Crippen molar-refractivity contribution < 1.29 is 19.5 Å². The van der Waals surface area contributed by atoms with Gasteiger partial charge < -0.3 is 10.4 Å². The minimum atomic E-state index is -1.16. The third kappa shape index (κ3) is 2.63. The summed E-state index contributed by atoms with van der Waals surface area (Å²) in [5, 5.41) is 22.8. The summed E-state index contributed by atoms with van der Waals surface area (Å²) in [6.45, 7) is 0. The van der Waals surface area contributed by atoms with Gasteiger partial charge in [-0.2, -0.15) is 5.26 Å². The van der Waals surface area contributed by atoms with Crippen LogP contribution in [0.2, 0.25) is 0 Å². The van der Waals surface area contributed by atoms with Crippen molar-refractivity contribution >= 4 is 17.9 Å². The van der Waals surface area contributed by atoms with Crippen LogP contribution in [0, 0.1) is 23.2 Å². The highest BCUT2D eigenvalue weighted by Gasteiger charge is 2.62. The molecule has 1 aliphatic heterocycles. The van der Waals surface area contributed by atoms with Crippen LogP contribution in [-0.2, 0) is 16.0 Å². The van der Waals surface area contributed by atoms with Crippen molar-refractivity contribution in [1.82, 2.24) is 10.6 Å². The van der Waals surface area contributed by atoms with E-state index in [1.54, 1.807) is 24.3 Å². The lowest BCUT2D eigenvalue weighted by atomic mass is 9.85. The van der Waals surface area contributed by atoms with Crippen molar-refractivity contribution in [2.45, 2.75) is 24.8 Å². The Balaban J connectivity index is 1.77. The Labute approximate surface area is 132 Å². The fraction of sp³-hybridized carbons (Fsp3) is 0.375. The predicted octanol–water partition coefficient (Wildman–Crippen LogP) is 0.790. The number of aryl methyl sites for hydroxylation is 1. The molecular formula is C16H15N3O4. The van der Waals surface area contributed by atoms with Gasteiger partial charge in [0.05, 0.1) is 17.6 Å². The molecule has 118 valence electrons. The molecule has 3 atom stereocenters. The molecule has 2 aliphatic rings. The van der Waals surface area contributed by atoms with Gasteiger partial charge in [0.1, 0.15) is 5.54 Å². The van der Waals surface area contributed by atoms with E-state index >= 15 is 0 Å². The first-order valence-corrected chi connectivity index (χ1v) is 7.32. The first-order valence-electron chi connectivity index (χ1n) is 7.32. The maximum Gasteiger partial charge on any atom is 0.322 e. The van der Waals surface area contributed by atoms with Crippen molar-refractivity contribution in [3.05, 3.63) is 35.4 Å². The molecule has 1 aromatic rings. The molecule has 0 bridgehead atoms. The van der Waals surface area contributed by atoms with Crippen LogP contribution < -0.4 is 10.6 Å². The quantitative estimate of drug-likeness (QED) is 0.694. The predicted molar refractivity (Wildman–Crippen MR) is 78.1 cm³/mol. The summed E-state index contributed by atoms with van der Waals surface area (Å²) >= 11 is 0. The monoisotopic (exact) mass is 313 g/mol. The zero-order valence-electron chi connectivity index (χ0n) is 12.2. The second-order valence-electron chi connectivity index (χ2n) is 5.98. The first kappa shape index (κ1) is 15.0. The third-order valence-electron chi connectivity index (χ3n) is 4.60. The molecule has 1 aromatic carbocycles. The molecule has 7 heteroatoms. The number of benzene rings is 1. The molecule has 7 nitrogen and oxygen atoms in total.